The van der Waals surface area contributed by atoms with Crippen LogP contribution in [0.3, 0.4) is 0 Å². The van der Waals surface area contributed by atoms with Crippen molar-refractivity contribution >= 4 is 5.90 Å². The quantitative estimate of drug-likeness (QED) is 0.859. The number of hydrogen-bond donors (Lipinski definition) is 0. The van der Waals surface area contributed by atoms with Gasteiger partial charge in [0.2, 0.25) is 5.90 Å². The average molecular weight is 278 g/mol. The van der Waals surface area contributed by atoms with Crippen LogP contribution in [0, 0.1) is 0 Å². The maximum Gasteiger partial charge on any atom is 0.235 e. The minimum atomic E-state index is 0.203. The van der Waals surface area contributed by atoms with E-state index < -0.39 is 0 Å². The molecule has 0 saturated heterocycles. The molecule has 1 saturated carbocycles. The largest absolute Gasteiger partial charge is 0.474 e. The van der Waals surface area contributed by atoms with E-state index in [0.717, 1.165) is 12.1 Å². The summed E-state index contributed by atoms with van der Waals surface area (Å²) in [5, 5.41) is 0. The Morgan fingerprint density at radius 3 is 2.67 bits per heavy atom. The highest BCUT2D eigenvalue weighted by Crippen LogP contribution is 2.38. The molecule has 4 rings (SSSR count). The first kappa shape index (κ1) is 12.6. The lowest BCUT2D eigenvalue weighted by molar-refractivity contribution is 0.316. The molecule has 3 nitrogen and oxygen atoms in total. The predicted octanol–water partition coefficient (Wildman–Crippen LogP) is 3.35. The Morgan fingerprint density at radius 2 is 1.86 bits per heavy atom. The Kier molecular flexibility index (Phi) is 3.18. The molecule has 1 fully saturated rings. The molecule has 2 aromatic rings. The molecule has 0 spiro atoms. The Hall–Kier alpha value is -2.16. The minimum Gasteiger partial charge on any atom is -0.474 e. The summed E-state index contributed by atoms with van der Waals surface area (Å²) in [6.45, 7) is 0.652. The third-order valence-corrected chi connectivity index (χ3v) is 4.01. The molecule has 2 aliphatic rings. The third kappa shape index (κ3) is 2.82. The first-order valence-electron chi connectivity index (χ1n) is 7.60. The maximum atomic E-state index is 5.77. The molecule has 0 amide bonds. The van der Waals surface area contributed by atoms with Crippen LogP contribution in [0.5, 0.6) is 0 Å². The number of pyridine rings is 1. The van der Waals surface area contributed by atoms with Crippen molar-refractivity contribution in [2.24, 2.45) is 4.99 Å². The molecule has 1 atom stereocenters. The predicted molar refractivity (Wildman–Crippen MR) is 82.6 cm³/mol. The van der Waals surface area contributed by atoms with Gasteiger partial charge in [0.15, 0.2) is 0 Å². The van der Waals surface area contributed by atoms with Crippen molar-refractivity contribution in [3.05, 3.63) is 65.5 Å². The molecule has 0 N–H and O–H groups in total. The SMILES string of the molecule is c1ccc(C[C@H]2COC(c3cccc(C4CC4)n3)=N2)cc1. The van der Waals surface area contributed by atoms with Gasteiger partial charge in [0, 0.05) is 11.6 Å². The fourth-order valence-corrected chi connectivity index (χ4v) is 2.72. The zero-order valence-corrected chi connectivity index (χ0v) is 11.9. The van der Waals surface area contributed by atoms with Crippen LogP contribution in [0.25, 0.3) is 0 Å². The van der Waals surface area contributed by atoms with Crippen molar-refractivity contribution in [3.8, 4) is 0 Å². The number of aromatic nitrogens is 1. The molecule has 2 heterocycles. The summed E-state index contributed by atoms with van der Waals surface area (Å²) in [5.74, 6) is 1.37. The van der Waals surface area contributed by atoms with E-state index in [1.54, 1.807) is 0 Å². The molecule has 21 heavy (non-hydrogen) atoms. The van der Waals surface area contributed by atoms with Crippen molar-refractivity contribution in [2.45, 2.75) is 31.2 Å². The summed E-state index contributed by atoms with van der Waals surface area (Å²) < 4.78 is 5.77. The molecule has 0 unspecified atom stereocenters. The summed E-state index contributed by atoms with van der Waals surface area (Å²) in [7, 11) is 0. The highest BCUT2D eigenvalue weighted by atomic mass is 16.5. The Labute approximate surface area is 124 Å². The van der Waals surface area contributed by atoms with Crippen molar-refractivity contribution in [1.82, 2.24) is 4.98 Å². The summed E-state index contributed by atoms with van der Waals surface area (Å²) >= 11 is 0. The molecule has 106 valence electrons. The van der Waals surface area contributed by atoms with E-state index in [2.05, 4.69) is 36.4 Å². The van der Waals surface area contributed by atoms with E-state index in [-0.39, 0.29) is 6.04 Å². The first-order valence-corrected chi connectivity index (χ1v) is 7.60. The summed E-state index contributed by atoms with van der Waals surface area (Å²) in [6, 6.07) is 16.8. The second-order valence-corrected chi connectivity index (χ2v) is 5.81. The summed E-state index contributed by atoms with van der Waals surface area (Å²) in [5.41, 5.74) is 3.37. The van der Waals surface area contributed by atoms with Crippen LogP contribution in [0.1, 0.15) is 35.7 Å². The molecule has 1 aliphatic heterocycles. The van der Waals surface area contributed by atoms with Crippen LogP contribution in [0.4, 0.5) is 0 Å². The van der Waals surface area contributed by atoms with Gasteiger partial charge in [-0.15, -0.1) is 0 Å². The monoisotopic (exact) mass is 278 g/mol. The number of benzene rings is 1. The molecule has 3 heteroatoms. The number of aliphatic imine (C=N–C) groups is 1. The smallest absolute Gasteiger partial charge is 0.235 e. The van der Waals surface area contributed by atoms with Gasteiger partial charge in [-0.25, -0.2) is 9.98 Å². The highest BCUT2D eigenvalue weighted by molar-refractivity contribution is 5.93. The minimum absolute atomic E-state index is 0.203. The van der Waals surface area contributed by atoms with Crippen LogP contribution < -0.4 is 0 Å². The van der Waals surface area contributed by atoms with E-state index in [4.69, 9.17) is 14.7 Å². The molecular formula is C18H18N2O. The van der Waals surface area contributed by atoms with E-state index in [1.165, 1.54) is 24.1 Å². The zero-order chi connectivity index (χ0) is 14.1. The fourth-order valence-electron chi connectivity index (χ4n) is 2.72. The number of ether oxygens (including phenoxy) is 1. The van der Waals surface area contributed by atoms with Gasteiger partial charge in [0.05, 0.1) is 6.04 Å². The lowest BCUT2D eigenvalue weighted by Crippen LogP contribution is -2.09. The van der Waals surface area contributed by atoms with E-state index in [9.17, 15) is 0 Å². The Bertz CT molecular complexity index is 662. The van der Waals surface area contributed by atoms with Gasteiger partial charge < -0.3 is 4.74 Å². The number of rotatable bonds is 4. The molecule has 0 radical (unpaired) electrons. The third-order valence-electron chi connectivity index (χ3n) is 4.01. The highest BCUT2D eigenvalue weighted by Gasteiger charge is 2.26. The molecule has 1 aliphatic carbocycles. The van der Waals surface area contributed by atoms with Gasteiger partial charge in [-0.3, -0.25) is 0 Å². The van der Waals surface area contributed by atoms with Crippen molar-refractivity contribution in [1.29, 1.82) is 0 Å². The average Bonchev–Trinajstić information content (AvgIpc) is 3.29. The Balaban J connectivity index is 1.51. The van der Waals surface area contributed by atoms with Crippen LogP contribution in [0.2, 0.25) is 0 Å². The molecular weight excluding hydrogens is 260 g/mol. The van der Waals surface area contributed by atoms with Gasteiger partial charge in [-0.2, -0.15) is 0 Å². The van der Waals surface area contributed by atoms with Gasteiger partial charge in [0.1, 0.15) is 12.3 Å². The fraction of sp³-hybridized carbons (Fsp3) is 0.333. The van der Waals surface area contributed by atoms with E-state index in [1.807, 2.05) is 12.1 Å². The lowest BCUT2D eigenvalue weighted by atomic mass is 10.1. The molecule has 1 aromatic carbocycles. The van der Waals surface area contributed by atoms with Gasteiger partial charge in [0.25, 0.3) is 0 Å². The number of nitrogens with zero attached hydrogens (tertiary/aromatic N) is 2. The van der Waals surface area contributed by atoms with Crippen LogP contribution in [-0.4, -0.2) is 23.5 Å². The molecule has 0 bridgehead atoms. The normalized spacial score (nSPS) is 21.0. The van der Waals surface area contributed by atoms with Crippen molar-refractivity contribution in [3.63, 3.8) is 0 Å². The van der Waals surface area contributed by atoms with Crippen LogP contribution in [0.15, 0.2) is 53.5 Å². The van der Waals surface area contributed by atoms with Crippen molar-refractivity contribution in [2.75, 3.05) is 6.61 Å². The van der Waals surface area contributed by atoms with Gasteiger partial charge >= 0.3 is 0 Å². The van der Waals surface area contributed by atoms with E-state index in [0.29, 0.717) is 18.4 Å². The van der Waals surface area contributed by atoms with Gasteiger partial charge in [-0.05, 0) is 37.0 Å². The molecule has 1 aromatic heterocycles. The van der Waals surface area contributed by atoms with Crippen molar-refractivity contribution < 1.29 is 4.74 Å². The van der Waals surface area contributed by atoms with Gasteiger partial charge in [-0.1, -0.05) is 36.4 Å². The maximum absolute atomic E-state index is 5.77. The second kappa shape index (κ2) is 5.32. The standard InChI is InChI=1S/C18H18N2O/c1-2-5-13(6-3-1)11-15-12-21-18(19-15)17-8-4-7-16(20-17)14-9-10-14/h1-8,14-15H,9-12H2/t15-/m0/s1. The summed E-state index contributed by atoms with van der Waals surface area (Å²) in [4.78, 5) is 9.41. The topological polar surface area (TPSA) is 34.5 Å². The number of hydrogen-bond acceptors (Lipinski definition) is 3. The zero-order valence-electron chi connectivity index (χ0n) is 11.9. The Morgan fingerprint density at radius 1 is 1.00 bits per heavy atom. The second-order valence-electron chi connectivity index (χ2n) is 5.81. The van der Waals surface area contributed by atoms with Crippen LogP contribution >= 0.6 is 0 Å². The lowest BCUT2D eigenvalue weighted by Gasteiger charge is -2.04. The summed E-state index contributed by atoms with van der Waals surface area (Å²) in [6.07, 6.45) is 3.45. The van der Waals surface area contributed by atoms with E-state index >= 15 is 0 Å². The van der Waals surface area contributed by atoms with Crippen LogP contribution in [-0.2, 0) is 11.2 Å². The first-order chi connectivity index (χ1) is 10.4.